The molecule has 0 fully saturated rings. The molecule has 174 valence electrons. The van der Waals surface area contributed by atoms with Crippen LogP contribution in [0.4, 0.5) is 4.79 Å². The number of aromatic nitrogens is 2. The number of amides is 2. The lowest BCUT2D eigenvalue weighted by molar-refractivity contribution is 0.0261. The fraction of sp³-hybridized carbons (Fsp3) is 0.360. The molecule has 2 amide bonds. The second kappa shape index (κ2) is 10.3. The molecule has 0 saturated carbocycles. The van der Waals surface area contributed by atoms with Crippen LogP contribution in [0.5, 0.6) is 0 Å². The molecule has 0 saturated heterocycles. The Hall–Kier alpha value is -3.68. The topological polar surface area (TPSA) is 97.6 Å². The molecule has 0 radical (unpaired) electrons. The van der Waals surface area contributed by atoms with Crippen molar-refractivity contribution in [1.82, 2.24) is 20.4 Å². The molecule has 1 N–H and O–H groups in total. The summed E-state index contributed by atoms with van der Waals surface area (Å²) in [6.07, 6.45) is -0.395. The molecule has 0 bridgehead atoms. The highest BCUT2D eigenvalue weighted by atomic mass is 16.6. The normalized spacial score (nSPS) is 11.2. The molecule has 3 rings (SSSR count). The smallest absolute Gasteiger partial charge is 0.410 e. The number of hydrogen-bond acceptors (Lipinski definition) is 6. The molecule has 1 aromatic heterocycles. The summed E-state index contributed by atoms with van der Waals surface area (Å²) in [5.74, 6) is 0.596. The van der Waals surface area contributed by atoms with Crippen LogP contribution in [-0.2, 0) is 4.74 Å². The maximum Gasteiger partial charge on any atom is 0.410 e. The number of nitrogens with one attached hydrogen (secondary N) is 1. The van der Waals surface area contributed by atoms with E-state index in [0.717, 1.165) is 16.7 Å². The zero-order chi connectivity index (χ0) is 24.0. The molecule has 0 aliphatic carbocycles. The lowest BCUT2D eigenvalue weighted by Gasteiger charge is -2.26. The van der Waals surface area contributed by atoms with Crippen molar-refractivity contribution in [3.63, 3.8) is 0 Å². The van der Waals surface area contributed by atoms with Gasteiger partial charge in [-0.05, 0) is 71.0 Å². The van der Waals surface area contributed by atoms with Crippen molar-refractivity contribution in [2.75, 3.05) is 19.6 Å². The summed E-state index contributed by atoms with van der Waals surface area (Å²) < 4.78 is 11.2. The van der Waals surface area contributed by atoms with Crippen LogP contribution in [-0.4, -0.2) is 52.3 Å². The first-order valence-electron chi connectivity index (χ1n) is 10.9. The van der Waals surface area contributed by atoms with Crippen LogP contribution in [0.25, 0.3) is 22.9 Å². The molecule has 0 spiro atoms. The highest BCUT2D eigenvalue weighted by Gasteiger charge is 2.21. The van der Waals surface area contributed by atoms with Crippen LogP contribution in [0.15, 0.2) is 52.9 Å². The Morgan fingerprint density at radius 1 is 0.970 bits per heavy atom. The van der Waals surface area contributed by atoms with Crippen LogP contribution >= 0.6 is 0 Å². The van der Waals surface area contributed by atoms with Gasteiger partial charge in [0, 0.05) is 36.3 Å². The molecule has 0 unspecified atom stereocenters. The largest absolute Gasteiger partial charge is 0.444 e. The molecule has 0 aliphatic rings. The molecule has 33 heavy (non-hydrogen) atoms. The van der Waals surface area contributed by atoms with Gasteiger partial charge >= 0.3 is 6.09 Å². The number of aryl methyl sites for hydroxylation is 1. The number of carbonyl (C=O) groups is 2. The SMILES string of the molecule is CCN(CCNC(=O)c1ccc(-c2nnc(-c3ccc(C)cc3)o2)cc1)C(=O)OC(C)(C)C. The van der Waals surface area contributed by atoms with E-state index in [1.807, 2.05) is 58.9 Å². The lowest BCUT2D eigenvalue weighted by atomic mass is 10.1. The summed E-state index contributed by atoms with van der Waals surface area (Å²) in [5.41, 5.74) is 2.66. The summed E-state index contributed by atoms with van der Waals surface area (Å²) in [7, 11) is 0. The summed E-state index contributed by atoms with van der Waals surface area (Å²) in [5, 5.41) is 11.1. The maximum atomic E-state index is 12.5. The molecule has 1 heterocycles. The number of ether oxygens (including phenoxy) is 1. The van der Waals surface area contributed by atoms with Crippen molar-refractivity contribution in [2.24, 2.45) is 0 Å². The maximum absolute atomic E-state index is 12.5. The number of carbonyl (C=O) groups excluding carboxylic acids is 2. The van der Waals surface area contributed by atoms with Crippen molar-refractivity contribution in [3.05, 3.63) is 59.7 Å². The van der Waals surface area contributed by atoms with E-state index in [9.17, 15) is 9.59 Å². The Balaban J connectivity index is 1.56. The Labute approximate surface area is 194 Å². The number of nitrogens with zero attached hydrogens (tertiary/aromatic N) is 3. The van der Waals surface area contributed by atoms with Gasteiger partial charge in [-0.15, -0.1) is 10.2 Å². The summed E-state index contributed by atoms with van der Waals surface area (Å²) >= 11 is 0. The lowest BCUT2D eigenvalue weighted by Crippen LogP contribution is -2.41. The summed E-state index contributed by atoms with van der Waals surface area (Å²) in [6, 6.07) is 14.8. The van der Waals surface area contributed by atoms with Gasteiger partial charge in [0.25, 0.3) is 5.91 Å². The van der Waals surface area contributed by atoms with Crippen molar-refractivity contribution in [1.29, 1.82) is 0 Å². The van der Waals surface area contributed by atoms with Gasteiger partial charge in [0.05, 0.1) is 0 Å². The van der Waals surface area contributed by atoms with Crippen LogP contribution in [0.1, 0.15) is 43.6 Å². The third-order valence-corrected chi connectivity index (χ3v) is 4.82. The highest BCUT2D eigenvalue weighted by molar-refractivity contribution is 5.94. The molecule has 8 nitrogen and oxygen atoms in total. The van der Waals surface area contributed by atoms with Gasteiger partial charge in [-0.25, -0.2) is 4.79 Å². The van der Waals surface area contributed by atoms with Gasteiger partial charge in [0.1, 0.15) is 5.60 Å². The van der Waals surface area contributed by atoms with Gasteiger partial charge in [0.2, 0.25) is 11.8 Å². The van der Waals surface area contributed by atoms with E-state index < -0.39 is 11.7 Å². The quantitative estimate of drug-likeness (QED) is 0.560. The van der Waals surface area contributed by atoms with Crippen LogP contribution in [0.2, 0.25) is 0 Å². The third kappa shape index (κ3) is 6.65. The number of rotatable bonds is 7. The average molecular weight is 451 g/mol. The zero-order valence-electron chi connectivity index (χ0n) is 19.7. The molecular weight excluding hydrogens is 420 g/mol. The predicted molar refractivity (Wildman–Crippen MR) is 126 cm³/mol. The van der Waals surface area contributed by atoms with E-state index in [0.29, 0.717) is 37.0 Å². The van der Waals surface area contributed by atoms with Crippen LogP contribution in [0.3, 0.4) is 0 Å². The van der Waals surface area contributed by atoms with E-state index in [-0.39, 0.29) is 5.91 Å². The van der Waals surface area contributed by atoms with E-state index in [1.54, 1.807) is 29.2 Å². The van der Waals surface area contributed by atoms with Gasteiger partial charge in [-0.2, -0.15) is 0 Å². The first-order valence-corrected chi connectivity index (χ1v) is 10.9. The van der Waals surface area contributed by atoms with Crippen molar-refractivity contribution in [2.45, 2.75) is 40.2 Å². The fourth-order valence-electron chi connectivity index (χ4n) is 3.03. The first kappa shape index (κ1) is 24.0. The second-order valence-electron chi connectivity index (χ2n) is 8.67. The molecular formula is C25H30N4O4. The standard InChI is InChI=1S/C25H30N4O4/c1-6-29(24(31)33-25(3,4)5)16-15-26-21(30)18-11-13-20(14-12-18)23-28-27-22(32-23)19-9-7-17(2)8-10-19/h7-14H,6,15-16H2,1-5H3,(H,26,30). The van der Waals surface area contributed by atoms with Gasteiger partial charge in [0.15, 0.2) is 0 Å². The fourth-order valence-corrected chi connectivity index (χ4v) is 3.03. The monoisotopic (exact) mass is 450 g/mol. The number of hydrogen-bond donors (Lipinski definition) is 1. The minimum absolute atomic E-state index is 0.229. The molecule has 3 aromatic rings. The second-order valence-corrected chi connectivity index (χ2v) is 8.67. The van der Waals surface area contributed by atoms with Gasteiger partial charge in [-0.3, -0.25) is 4.79 Å². The first-order chi connectivity index (χ1) is 15.7. The molecule has 0 aliphatic heterocycles. The Bertz CT molecular complexity index is 1080. The van der Waals surface area contributed by atoms with E-state index in [1.165, 1.54) is 0 Å². The van der Waals surface area contributed by atoms with Crippen LogP contribution < -0.4 is 5.32 Å². The van der Waals surface area contributed by atoms with E-state index in [2.05, 4.69) is 15.5 Å². The van der Waals surface area contributed by atoms with E-state index in [4.69, 9.17) is 9.15 Å². The minimum Gasteiger partial charge on any atom is -0.444 e. The van der Waals surface area contributed by atoms with Gasteiger partial charge < -0.3 is 19.4 Å². The number of benzene rings is 2. The van der Waals surface area contributed by atoms with Crippen molar-refractivity contribution >= 4 is 12.0 Å². The predicted octanol–water partition coefficient (Wildman–Crippen LogP) is 4.70. The van der Waals surface area contributed by atoms with E-state index >= 15 is 0 Å². The summed E-state index contributed by atoms with van der Waals surface area (Å²) in [4.78, 5) is 26.2. The Kier molecular flexibility index (Phi) is 7.48. The molecule has 0 atom stereocenters. The Morgan fingerprint density at radius 2 is 1.52 bits per heavy atom. The molecule has 8 heteroatoms. The van der Waals surface area contributed by atoms with Crippen molar-refractivity contribution < 1.29 is 18.7 Å². The Morgan fingerprint density at radius 3 is 2.03 bits per heavy atom. The highest BCUT2D eigenvalue weighted by Crippen LogP contribution is 2.24. The number of likely N-dealkylation sites (N-methyl/N-ethyl adjacent to an activating group) is 1. The van der Waals surface area contributed by atoms with Crippen LogP contribution in [0, 0.1) is 6.92 Å². The summed E-state index contributed by atoms with van der Waals surface area (Å²) in [6.45, 7) is 10.5. The zero-order valence-corrected chi connectivity index (χ0v) is 19.7. The minimum atomic E-state index is -0.561. The third-order valence-electron chi connectivity index (χ3n) is 4.82. The molecule has 2 aromatic carbocycles. The van der Waals surface area contributed by atoms with Gasteiger partial charge in [-0.1, -0.05) is 17.7 Å². The average Bonchev–Trinajstić information content (AvgIpc) is 3.26. The van der Waals surface area contributed by atoms with Crippen molar-refractivity contribution in [3.8, 4) is 22.9 Å².